The van der Waals surface area contributed by atoms with Gasteiger partial charge in [-0.1, -0.05) is 13.8 Å². The highest BCUT2D eigenvalue weighted by Gasteiger charge is 2.25. The van der Waals surface area contributed by atoms with E-state index in [0.29, 0.717) is 5.92 Å². The molecule has 0 saturated carbocycles. The van der Waals surface area contributed by atoms with Crippen molar-refractivity contribution in [2.75, 3.05) is 50.1 Å². The van der Waals surface area contributed by atoms with E-state index in [1.807, 2.05) is 0 Å². The number of nitrogens with zero attached hydrogens (tertiary/aromatic N) is 5. The van der Waals surface area contributed by atoms with Crippen LogP contribution in [0.2, 0.25) is 0 Å². The SMILES string of the molecule is CC(C)CN1CCc2nc(N3CCCC3)nc(N(C)C)c2C1. The van der Waals surface area contributed by atoms with Crippen molar-refractivity contribution in [3.8, 4) is 0 Å². The van der Waals surface area contributed by atoms with E-state index in [9.17, 15) is 0 Å². The number of hydrogen-bond donors (Lipinski definition) is 0. The second-order valence-electron chi connectivity index (χ2n) is 7.24. The highest BCUT2D eigenvalue weighted by atomic mass is 15.3. The van der Waals surface area contributed by atoms with Gasteiger partial charge in [-0.2, -0.15) is 4.98 Å². The van der Waals surface area contributed by atoms with Crippen molar-refractivity contribution < 1.29 is 0 Å². The molecule has 1 aromatic heterocycles. The molecule has 1 aromatic rings. The van der Waals surface area contributed by atoms with Gasteiger partial charge in [0.05, 0.1) is 5.69 Å². The van der Waals surface area contributed by atoms with Crippen molar-refractivity contribution in [1.82, 2.24) is 14.9 Å². The topological polar surface area (TPSA) is 35.5 Å². The molecule has 1 fully saturated rings. The molecule has 2 aliphatic rings. The fourth-order valence-corrected chi connectivity index (χ4v) is 3.54. The third-order valence-corrected chi connectivity index (χ3v) is 4.54. The van der Waals surface area contributed by atoms with Gasteiger partial charge in [0.25, 0.3) is 0 Å². The van der Waals surface area contributed by atoms with Gasteiger partial charge in [-0.25, -0.2) is 4.98 Å². The minimum atomic E-state index is 0.703. The predicted molar refractivity (Wildman–Crippen MR) is 91.6 cm³/mol. The van der Waals surface area contributed by atoms with Crippen molar-refractivity contribution in [2.24, 2.45) is 5.92 Å². The molecule has 0 spiro atoms. The summed E-state index contributed by atoms with van der Waals surface area (Å²) in [5, 5.41) is 0. The second kappa shape index (κ2) is 6.41. The van der Waals surface area contributed by atoms with Crippen LogP contribution in [0.1, 0.15) is 37.9 Å². The number of fused-ring (bicyclic) bond motifs is 1. The maximum atomic E-state index is 4.91. The van der Waals surface area contributed by atoms with Gasteiger partial charge in [0.2, 0.25) is 5.95 Å². The maximum Gasteiger partial charge on any atom is 0.227 e. The Hall–Kier alpha value is -1.36. The highest BCUT2D eigenvalue weighted by molar-refractivity contribution is 5.53. The Kier molecular flexibility index (Phi) is 4.52. The zero-order valence-corrected chi connectivity index (χ0v) is 14.5. The van der Waals surface area contributed by atoms with E-state index >= 15 is 0 Å². The van der Waals surface area contributed by atoms with E-state index in [0.717, 1.165) is 50.9 Å². The molecule has 0 aromatic carbocycles. The molecular weight excluding hydrogens is 274 g/mol. The first-order chi connectivity index (χ1) is 10.5. The molecule has 5 heteroatoms. The molecule has 3 heterocycles. The van der Waals surface area contributed by atoms with Gasteiger partial charge in [0.1, 0.15) is 5.82 Å². The van der Waals surface area contributed by atoms with Crippen LogP contribution in [-0.2, 0) is 13.0 Å². The summed E-state index contributed by atoms with van der Waals surface area (Å²) < 4.78 is 0. The fourth-order valence-electron chi connectivity index (χ4n) is 3.54. The molecule has 5 nitrogen and oxygen atoms in total. The van der Waals surface area contributed by atoms with Crippen LogP contribution in [0.25, 0.3) is 0 Å². The summed E-state index contributed by atoms with van der Waals surface area (Å²) in [5.74, 6) is 2.76. The van der Waals surface area contributed by atoms with Crippen molar-refractivity contribution in [3.05, 3.63) is 11.3 Å². The first-order valence-electron chi connectivity index (χ1n) is 8.59. The van der Waals surface area contributed by atoms with Crippen molar-refractivity contribution >= 4 is 11.8 Å². The van der Waals surface area contributed by atoms with Gasteiger partial charge in [0, 0.05) is 58.8 Å². The number of hydrogen-bond acceptors (Lipinski definition) is 5. The lowest BCUT2D eigenvalue weighted by Crippen LogP contribution is -2.36. The predicted octanol–water partition coefficient (Wildman–Crippen LogP) is 2.16. The van der Waals surface area contributed by atoms with Crippen LogP contribution >= 0.6 is 0 Å². The molecule has 3 rings (SSSR count). The third-order valence-electron chi connectivity index (χ3n) is 4.54. The standard InChI is InChI=1S/C17H29N5/c1-13(2)11-21-10-7-15-14(12-21)16(20(3)4)19-17(18-15)22-8-5-6-9-22/h13H,5-12H2,1-4H3. The Morgan fingerprint density at radius 2 is 1.82 bits per heavy atom. The summed E-state index contributed by atoms with van der Waals surface area (Å²) in [7, 11) is 4.19. The van der Waals surface area contributed by atoms with Crippen LogP contribution in [0.4, 0.5) is 11.8 Å². The Labute approximate surface area is 134 Å². The first kappa shape index (κ1) is 15.5. The summed E-state index contributed by atoms with van der Waals surface area (Å²) in [4.78, 5) is 16.8. The number of rotatable bonds is 4. The van der Waals surface area contributed by atoms with Crippen LogP contribution in [-0.4, -0.2) is 55.1 Å². The molecule has 0 atom stereocenters. The minimum absolute atomic E-state index is 0.703. The van der Waals surface area contributed by atoms with Crippen LogP contribution in [0.3, 0.4) is 0 Å². The molecule has 22 heavy (non-hydrogen) atoms. The molecule has 0 N–H and O–H groups in total. The third kappa shape index (κ3) is 3.19. The van der Waals surface area contributed by atoms with E-state index in [4.69, 9.17) is 9.97 Å². The molecule has 0 radical (unpaired) electrons. The summed E-state index contributed by atoms with van der Waals surface area (Å²) in [6, 6.07) is 0. The minimum Gasteiger partial charge on any atom is -0.362 e. The Bertz CT molecular complexity index is 520. The summed E-state index contributed by atoms with van der Waals surface area (Å²) in [5.41, 5.74) is 2.60. The smallest absolute Gasteiger partial charge is 0.227 e. The zero-order valence-electron chi connectivity index (χ0n) is 14.5. The van der Waals surface area contributed by atoms with Crippen LogP contribution in [0.15, 0.2) is 0 Å². The average Bonchev–Trinajstić information content (AvgIpc) is 2.99. The van der Waals surface area contributed by atoms with Gasteiger partial charge in [0.15, 0.2) is 0 Å². The monoisotopic (exact) mass is 303 g/mol. The quantitative estimate of drug-likeness (QED) is 0.852. The number of anilines is 2. The molecule has 0 unspecified atom stereocenters. The van der Waals surface area contributed by atoms with Gasteiger partial charge in [-0.05, 0) is 18.8 Å². The molecule has 0 bridgehead atoms. The van der Waals surface area contributed by atoms with E-state index < -0.39 is 0 Å². The lowest BCUT2D eigenvalue weighted by molar-refractivity contribution is 0.224. The van der Waals surface area contributed by atoms with Gasteiger partial charge >= 0.3 is 0 Å². The van der Waals surface area contributed by atoms with E-state index in [1.165, 1.54) is 24.1 Å². The Morgan fingerprint density at radius 3 is 2.45 bits per heavy atom. The van der Waals surface area contributed by atoms with Crippen LogP contribution in [0, 0.1) is 5.92 Å². The largest absolute Gasteiger partial charge is 0.362 e. The fraction of sp³-hybridized carbons (Fsp3) is 0.765. The zero-order chi connectivity index (χ0) is 15.7. The Morgan fingerprint density at radius 1 is 1.09 bits per heavy atom. The first-order valence-corrected chi connectivity index (χ1v) is 8.59. The van der Waals surface area contributed by atoms with Crippen LogP contribution < -0.4 is 9.80 Å². The molecule has 1 saturated heterocycles. The summed E-state index contributed by atoms with van der Waals surface area (Å²) in [6.07, 6.45) is 3.58. The van der Waals surface area contributed by atoms with E-state index in [1.54, 1.807) is 0 Å². The Balaban J connectivity index is 1.90. The average molecular weight is 303 g/mol. The van der Waals surface area contributed by atoms with E-state index in [-0.39, 0.29) is 0 Å². The molecule has 0 amide bonds. The molecule has 122 valence electrons. The van der Waals surface area contributed by atoms with Crippen molar-refractivity contribution in [1.29, 1.82) is 0 Å². The van der Waals surface area contributed by atoms with Crippen molar-refractivity contribution in [3.63, 3.8) is 0 Å². The normalized spacial score (nSPS) is 18.9. The van der Waals surface area contributed by atoms with E-state index in [2.05, 4.69) is 42.6 Å². The summed E-state index contributed by atoms with van der Waals surface area (Å²) >= 11 is 0. The summed E-state index contributed by atoms with van der Waals surface area (Å²) in [6.45, 7) is 10.0. The molecular formula is C17H29N5. The molecule has 2 aliphatic heterocycles. The highest BCUT2D eigenvalue weighted by Crippen LogP contribution is 2.29. The lowest BCUT2D eigenvalue weighted by atomic mass is 10.0. The second-order valence-corrected chi connectivity index (χ2v) is 7.24. The van der Waals surface area contributed by atoms with Gasteiger partial charge in [-0.15, -0.1) is 0 Å². The van der Waals surface area contributed by atoms with Crippen molar-refractivity contribution in [2.45, 2.75) is 39.7 Å². The maximum absolute atomic E-state index is 4.91. The molecule has 0 aliphatic carbocycles. The van der Waals surface area contributed by atoms with Gasteiger partial charge in [-0.3, -0.25) is 4.90 Å². The number of aromatic nitrogens is 2. The van der Waals surface area contributed by atoms with Gasteiger partial charge < -0.3 is 9.80 Å². The lowest BCUT2D eigenvalue weighted by Gasteiger charge is -2.32. The van der Waals surface area contributed by atoms with Crippen LogP contribution in [0.5, 0.6) is 0 Å².